The Balaban J connectivity index is 2.18. The normalized spacial score (nSPS) is 12.4. The molecule has 2 nitrogen and oxygen atoms in total. The van der Waals surface area contributed by atoms with Crippen molar-refractivity contribution in [2.45, 2.75) is 12.5 Å². The van der Waals surface area contributed by atoms with E-state index in [0.717, 1.165) is 20.7 Å². The second kappa shape index (κ2) is 5.82. The summed E-state index contributed by atoms with van der Waals surface area (Å²) in [5.41, 5.74) is 7.16. The minimum absolute atomic E-state index is 0.151. The van der Waals surface area contributed by atoms with E-state index in [1.165, 1.54) is 12.1 Å². The molecule has 0 saturated heterocycles. The van der Waals surface area contributed by atoms with Gasteiger partial charge in [0.15, 0.2) is 0 Å². The van der Waals surface area contributed by atoms with Gasteiger partial charge in [0.2, 0.25) is 0 Å². The molecular weight excluding hydrogens is 317 g/mol. The number of methoxy groups -OCH3 is 1. The molecule has 0 radical (unpaired) electrons. The lowest BCUT2D eigenvalue weighted by molar-refractivity contribution is 0.409. The molecule has 0 bridgehead atoms. The van der Waals surface area contributed by atoms with Gasteiger partial charge in [0.1, 0.15) is 11.6 Å². The van der Waals surface area contributed by atoms with E-state index in [-0.39, 0.29) is 11.9 Å². The maximum absolute atomic E-state index is 13.0. The molecule has 0 aliphatic rings. The van der Waals surface area contributed by atoms with Gasteiger partial charge in [-0.15, -0.1) is 11.3 Å². The van der Waals surface area contributed by atoms with E-state index in [4.69, 9.17) is 10.5 Å². The van der Waals surface area contributed by atoms with Gasteiger partial charge < -0.3 is 10.5 Å². The smallest absolute Gasteiger partial charge is 0.134 e. The zero-order chi connectivity index (χ0) is 13.1. The fourth-order valence-electron chi connectivity index (χ4n) is 1.76. The maximum atomic E-state index is 13.0. The van der Waals surface area contributed by atoms with Crippen molar-refractivity contribution in [2.24, 2.45) is 5.73 Å². The van der Waals surface area contributed by atoms with Gasteiger partial charge in [-0.05, 0) is 35.6 Å². The minimum atomic E-state index is -0.257. The molecule has 1 heterocycles. The largest absolute Gasteiger partial charge is 0.496 e. The zero-order valence-electron chi connectivity index (χ0n) is 9.82. The Morgan fingerprint density at radius 3 is 2.89 bits per heavy atom. The topological polar surface area (TPSA) is 35.2 Å². The molecule has 1 atom stereocenters. The minimum Gasteiger partial charge on any atom is -0.496 e. The average molecular weight is 330 g/mol. The molecule has 2 rings (SSSR count). The standard InChI is InChI=1S/C13H13BrFNOS/c1-17-12-4-5-18-13(12)11(16)6-8-2-3-9(15)7-10(8)14/h2-5,7,11H,6,16H2,1H3. The second-order valence-electron chi connectivity index (χ2n) is 3.90. The molecule has 0 spiro atoms. The van der Waals surface area contributed by atoms with Crippen molar-refractivity contribution in [3.8, 4) is 5.75 Å². The molecule has 18 heavy (non-hydrogen) atoms. The van der Waals surface area contributed by atoms with E-state index < -0.39 is 0 Å². The monoisotopic (exact) mass is 329 g/mol. The number of thiophene rings is 1. The molecule has 1 aromatic heterocycles. The molecule has 1 aromatic carbocycles. The van der Waals surface area contributed by atoms with E-state index in [0.29, 0.717) is 6.42 Å². The number of nitrogens with two attached hydrogens (primary N) is 1. The first-order valence-corrected chi connectivity index (χ1v) is 7.10. The van der Waals surface area contributed by atoms with Gasteiger partial charge in [-0.3, -0.25) is 0 Å². The van der Waals surface area contributed by atoms with Crippen molar-refractivity contribution < 1.29 is 9.13 Å². The van der Waals surface area contributed by atoms with Crippen LogP contribution in [0.15, 0.2) is 34.1 Å². The van der Waals surface area contributed by atoms with Crippen LogP contribution in [0.2, 0.25) is 0 Å². The lowest BCUT2D eigenvalue weighted by Crippen LogP contribution is -2.13. The van der Waals surface area contributed by atoms with Gasteiger partial charge in [-0.1, -0.05) is 22.0 Å². The van der Waals surface area contributed by atoms with Crippen LogP contribution in [0, 0.1) is 5.82 Å². The van der Waals surface area contributed by atoms with Crippen molar-refractivity contribution in [2.75, 3.05) is 7.11 Å². The van der Waals surface area contributed by atoms with Gasteiger partial charge in [-0.25, -0.2) is 4.39 Å². The van der Waals surface area contributed by atoms with Crippen molar-refractivity contribution >= 4 is 27.3 Å². The van der Waals surface area contributed by atoms with Crippen LogP contribution in [-0.2, 0) is 6.42 Å². The Hall–Kier alpha value is -0.910. The van der Waals surface area contributed by atoms with Gasteiger partial charge in [-0.2, -0.15) is 0 Å². The third-order valence-corrected chi connectivity index (χ3v) is 4.44. The number of benzene rings is 1. The summed E-state index contributed by atoms with van der Waals surface area (Å²) < 4.78 is 19.0. The van der Waals surface area contributed by atoms with Gasteiger partial charge in [0.25, 0.3) is 0 Å². The summed E-state index contributed by atoms with van der Waals surface area (Å²) in [5, 5.41) is 1.95. The van der Waals surface area contributed by atoms with E-state index >= 15 is 0 Å². The zero-order valence-corrected chi connectivity index (χ0v) is 12.2. The Morgan fingerprint density at radius 1 is 1.44 bits per heavy atom. The van der Waals surface area contributed by atoms with E-state index in [2.05, 4.69) is 15.9 Å². The molecule has 2 N–H and O–H groups in total. The number of hydrogen-bond acceptors (Lipinski definition) is 3. The lowest BCUT2D eigenvalue weighted by atomic mass is 10.1. The van der Waals surface area contributed by atoms with Crippen LogP contribution in [0.5, 0.6) is 5.75 Å². The first-order chi connectivity index (χ1) is 8.61. The third kappa shape index (κ3) is 2.91. The van der Waals surface area contributed by atoms with Gasteiger partial charge >= 0.3 is 0 Å². The molecule has 0 amide bonds. The third-order valence-electron chi connectivity index (χ3n) is 2.67. The average Bonchev–Trinajstić information content (AvgIpc) is 2.81. The molecule has 2 aromatic rings. The van der Waals surface area contributed by atoms with Crippen molar-refractivity contribution in [1.29, 1.82) is 0 Å². The Morgan fingerprint density at radius 2 is 2.22 bits per heavy atom. The highest BCUT2D eigenvalue weighted by Gasteiger charge is 2.15. The second-order valence-corrected chi connectivity index (χ2v) is 5.70. The quantitative estimate of drug-likeness (QED) is 0.923. The van der Waals surface area contributed by atoms with Crippen molar-refractivity contribution in [3.05, 3.63) is 50.4 Å². The van der Waals surface area contributed by atoms with Crippen molar-refractivity contribution in [3.63, 3.8) is 0 Å². The van der Waals surface area contributed by atoms with Crippen LogP contribution in [-0.4, -0.2) is 7.11 Å². The number of rotatable bonds is 4. The fourth-order valence-corrected chi connectivity index (χ4v) is 3.14. The van der Waals surface area contributed by atoms with Crippen molar-refractivity contribution in [1.82, 2.24) is 0 Å². The summed E-state index contributed by atoms with van der Waals surface area (Å²) >= 11 is 4.92. The Bertz CT molecular complexity index is 544. The van der Waals surface area contributed by atoms with Crippen LogP contribution in [0.1, 0.15) is 16.5 Å². The Kier molecular flexibility index (Phi) is 4.37. The first kappa shape index (κ1) is 13.5. The van der Waals surface area contributed by atoms with Gasteiger partial charge in [0, 0.05) is 10.5 Å². The molecule has 0 aliphatic carbocycles. The number of hydrogen-bond donors (Lipinski definition) is 1. The molecule has 1 unspecified atom stereocenters. The van der Waals surface area contributed by atoms with Crippen LogP contribution in [0.3, 0.4) is 0 Å². The molecule has 0 saturated carbocycles. The molecule has 0 fully saturated rings. The highest BCUT2D eigenvalue weighted by molar-refractivity contribution is 9.10. The van der Waals surface area contributed by atoms with Crippen LogP contribution in [0.4, 0.5) is 4.39 Å². The summed E-state index contributed by atoms with van der Waals surface area (Å²) in [7, 11) is 1.63. The van der Waals surface area contributed by atoms with Crippen LogP contribution < -0.4 is 10.5 Å². The summed E-state index contributed by atoms with van der Waals surface area (Å²) in [6, 6.07) is 6.40. The Labute approximate surface area is 118 Å². The summed E-state index contributed by atoms with van der Waals surface area (Å²) in [4.78, 5) is 1.01. The van der Waals surface area contributed by atoms with E-state index in [9.17, 15) is 4.39 Å². The molecule has 5 heteroatoms. The van der Waals surface area contributed by atoms with Gasteiger partial charge in [0.05, 0.1) is 12.0 Å². The summed E-state index contributed by atoms with van der Waals surface area (Å²) in [5.74, 6) is 0.554. The van der Waals surface area contributed by atoms with Crippen LogP contribution in [0.25, 0.3) is 0 Å². The number of halogens is 2. The summed E-state index contributed by atoms with van der Waals surface area (Å²) in [6.45, 7) is 0. The molecular formula is C13H13BrFNOS. The predicted molar refractivity (Wildman–Crippen MR) is 75.6 cm³/mol. The van der Waals surface area contributed by atoms with E-state index in [1.807, 2.05) is 11.4 Å². The lowest BCUT2D eigenvalue weighted by Gasteiger charge is -2.13. The summed E-state index contributed by atoms with van der Waals surface area (Å²) in [6.07, 6.45) is 0.637. The molecule has 96 valence electrons. The maximum Gasteiger partial charge on any atom is 0.134 e. The highest BCUT2D eigenvalue weighted by Crippen LogP contribution is 2.32. The fraction of sp³-hybridized carbons (Fsp3) is 0.231. The highest BCUT2D eigenvalue weighted by atomic mass is 79.9. The SMILES string of the molecule is COc1ccsc1C(N)Cc1ccc(F)cc1Br. The number of ether oxygens (including phenoxy) is 1. The molecule has 0 aliphatic heterocycles. The first-order valence-electron chi connectivity index (χ1n) is 5.42. The van der Waals surface area contributed by atoms with E-state index in [1.54, 1.807) is 24.5 Å². The van der Waals surface area contributed by atoms with Crippen LogP contribution >= 0.6 is 27.3 Å². The predicted octanol–water partition coefficient (Wildman–Crippen LogP) is 3.90.